The minimum absolute atomic E-state index is 0.0999. The predicted octanol–water partition coefficient (Wildman–Crippen LogP) is 1.40. The lowest BCUT2D eigenvalue weighted by Gasteiger charge is -2.26. The molecule has 0 aromatic carbocycles. The molecule has 4 atom stereocenters. The molecule has 1 aliphatic rings. The normalized spacial score (nSPS) is 24.7. The van der Waals surface area contributed by atoms with E-state index in [1.807, 2.05) is 0 Å². The van der Waals surface area contributed by atoms with Gasteiger partial charge in [-0.05, 0) is 26.7 Å². The number of aliphatic hydroxyl groups is 1. The maximum atomic E-state index is 12.7. The molecular formula is C16H27N2O7P. The first-order chi connectivity index (χ1) is 12.2. The van der Waals surface area contributed by atoms with Crippen molar-refractivity contribution in [2.75, 3.05) is 19.4 Å². The number of aromatic amines is 1. The Kier molecular flexibility index (Phi) is 6.99. The molecule has 148 valence electrons. The van der Waals surface area contributed by atoms with Gasteiger partial charge >= 0.3 is 13.3 Å². The van der Waals surface area contributed by atoms with Crippen molar-refractivity contribution in [2.45, 2.75) is 52.6 Å². The molecule has 0 radical (unpaired) electrons. The van der Waals surface area contributed by atoms with Crippen molar-refractivity contribution >= 4 is 7.60 Å². The van der Waals surface area contributed by atoms with E-state index >= 15 is 0 Å². The Labute approximate surface area is 151 Å². The average molecular weight is 390 g/mol. The van der Waals surface area contributed by atoms with Crippen LogP contribution >= 0.6 is 7.60 Å². The second-order valence-electron chi connectivity index (χ2n) is 6.44. The fourth-order valence-electron chi connectivity index (χ4n) is 3.15. The van der Waals surface area contributed by atoms with Gasteiger partial charge in [0.05, 0.1) is 31.6 Å². The van der Waals surface area contributed by atoms with Crippen molar-refractivity contribution in [1.29, 1.82) is 0 Å². The molecule has 2 unspecified atom stereocenters. The van der Waals surface area contributed by atoms with Gasteiger partial charge in [-0.1, -0.05) is 6.92 Å². The van der Waals surface area contributed by atoms with Crippen LogP contribution in [-0.4, -0.2) is 46.2 Å². The summed E-state index contributed by atoms with van der Waals surface area (Å²) in [6.45, 7) is 7.36. The summed E-state index contributed by atoms with van der Waals surface area (Å²) >= 11 is 0. The van der Waals surface area contributed by atoms with Crippen LogP contribution in [-0.2, 0) is 18.3 Å². The fraction of sp³-hybridized carbons (Fsp3) is 0.750. The van der Waals surface area contributed by atoms with Gasteiger partial charge in [0, 0.05) is 18.2 Å². The van der Waals surface area contributed by atoms with Crippen molar-refractivity contribution in [3.8, 4) is 0 Å². The molecule has 1 aromatic heterocycles. The molecular weight excluding hydrogens is 363 g/mol. The van der Waals surface area contributed by atoms with Gasteiger partial charge in [-0.3, -0.25) is 18.9 Å². The average Bonchev–Trinajstić information content (AvgIpc) is 2.93. The third kappa shape index (κ3) is 4.72. The summed E-state index contributed by atoms with van der Waals surface area (Å²) in [6, 6.07) is 0. The van der Waals surface area contributed by atoms with Crippen LogP contribution in [0.25, 0.3) is 0 Å². The first kappa shape index (κ1) is 21.1. The summed E-state index contributed by atoms with van der Waals surface area (Å²) in [6.07, 6.45) is -0.480. The number of hydrogen-bond donors (Lipinski definition) is 2. The summed E-state index contributed by atoms with van der Waals surface area (Å²) in [5, 5.41) is 10.4. The van der Waals surface area contributed by atoms with Gasteiger partial charge in [0.25, 0.3) is 5.56 Å². The number of rotatable bonds is 8. The number of hydrogen-bond acceptors (Lipinski definition) is 7. The highest BCUT2D eigenvalue weighted by atomic mass is 31.2. The monoisotopic (exact) mass is 390 g/mol. The van der Waals surface area contributed by atoms with Gasteiger partial charge in [-0.15, -0.1) is 0 Å². The number of nitrogens with one attached hydrogen (secondary N) is 1. The maximum Gasteiger partial charge on any atom is 0.331 e. The van der Waals surface area contributed by atoms with Crippen LogP contribution in [0, 0.1) is 12.8 Å². The second-order valence-corrected chi connectivity index (χ2v) is 8.55. The van der Waals surface area contributed by atoms with E-state index in [-0.39, 0.29) is 31.7 Å². The topological polar surface area (TPSA) is 120 Å². The molecule has 2 N–H and O–H groups in total. The van der Waals surface area contributed by atoms with E-state index in [1.54, 1.807) is 27.7 Å². The van der Waals surface area contributed by atoms with Gasteiger partial charge in [0.1, 0.15) is 6.23 Å². The first-order valence-corrected chi connectivity index (χ1v) is 10.5. The summed E-state index contributed by atoms with van der Waals surface area (Å²) in [5.41, 5.74) is -0.680. The van der Waals surface area contributed by atoms with Crippen LogP contribution < -0.4 is 11.2 Å². The van der Waals surface area contributed by atoms with Gasteiger partial charge < -0.3 is 18.9 Å². The molecule has 0 spiro atoms. The largest absolute Gasteiger partial charge is 0.390 e. The lowest BCUT2D eigenvalue weighted by Crippen LogP contribution is -2.34. The zero-order valence-corrected chi connectivity index (χ0v) is 16.4. The molecule has 0 bridgehead atoms. The summed E-state index contributed by atoms with van der Waals surface area (Å²) < 4.78 is 30.4. The minimum atomic E-state index is -3.28. The van der Waals surface area contributed by atoms with Gasteiger partial charge in [-0.25, -0.2) is 4.79 Å². The van der Waals surface area contributed by atoms with Crippen LogP contribution in [0.15, 0.2) is 15.8 Å². The number of aryl methyl sites for hydroxylation is 1. The highest BCUT2D eigenvalue weighted by Crippen LogP contribution is 2.51. The second kappa shape index (κ2) is 8.63. The smallest absolute Gasteiger partial charge is 0.331 e. The van der Waals surface area contributed by atoms with Crippen LogP contribution in [0.4, 0.5) is 0 Å². The van der Waals surface area contributed by atoms with Gasteiger partial charge in [0.2, 0.25) is 0 Å². The highest BCUT2D eigenvalue weighted by Gasteiger charge is 2.41. The Morgan fingerprint density at radius 1 is 1.38 bits per heavy atom. The Morgan fingerprint density at radius 3 is 2.58 bits per heavy atom. The van der Waals surface area contributed by atoms with E-state index in [2.05, 4.69) is 4.98 Å². The fourth-order valence-corrected chi connectivity index (χ4v) is 5.14. The number of aliphatic hydroxyl groups excluding tert-OH is 1. The van der Waals surface area contributed by atoms with Gasteiger partial charge in [-0.2, -0.15) is 0 Å². The van der Waals surface area contributed by atoms with Crippen LogP contribution in [0.2, 0.25) is 0 Å². The van der Waals surface area contributed by atoms with Crippen LogP contribution in [0.1, 0.15) is 39.0 Å². The lowest BCUT2D eigenvalue weighted by molar-refractivity contribution is -0.0435. The molecule has 1 saturated heterocycles. The molecule has 0 saturated carbocycles. The Balaban J connectivity index is 2.15. The molecule has 26 heavy (non-hydrogen) atoms. The molecule has 0 aliphatic carbocycles. The number of aromatic nitrogens is 2. The van der Waals surface area contributed by atoms with E-state index in [4.69, 9.17) is 13.8 Å². The summed E-state index contributed by atoms with van der Waals surface area (Å²) in [4.78, 5) is 25.7. The van der Waals surface area contributed by atoms with Gasteiger partial charge in [0.15, 0.2) is 0 Å². The molecule has 2 rings (SSSR count). The molecule has 10 heteroatoms. The quantitative estimate of drug-likeness (QED) is 0.644. The van der Waals surface area contributed by atoms with Crippen molar-refractivity contribution in [3.05, 3.63) is 32.6 Å². The van der Waals surface area contributed by atoms with E-state index in [1.165, 1.54) is 10.8 Å². The molecule has 1 aromatic rings. The standard InChI is InChI=1S/C16H27N2O7P/c1-5-23-26(22,24-6-2)9-11(4)14-12(19)7-13(25-14)18-8-10(3)15(20)17-16(18)21/h8,11-14,19H,5-7,9H2,1-4H3,(H,17,20,21)/t11-,12+,13?,14?/m1/s1. The van der Waals surface area contributed by atoms with E-state index in [0.29, 0.717) is 5.56 Å². The van der Waals surface area contributed by atoms with Crippen molar-refractivity contribution in [2.24, 2.45) is 5.92 Å². The lowest BCUT2D eigenvalue weighted by atomic mass is 10.0. The van der Waals surface area contributed by atoms with E-state index < -0.39 is 37.3 Å². The number of H-pyrrole nitrogens is 1. The molecule has 9 nitrogen and oxygen atoms in total. The minimum Gasteiger partial charge on any atom is -0.390 e. The third-order valence-electron chi connectivity index (χ3n) is 4.32. The highest BCUT2D eigenvalue weighted by molar-refractivity contribution is 7.53. The zero-order chi connectivity index (χ0) is 19.5. The van der Waals surface area contributed by atoms with Crippen LogP contribution in [0.5, 0.6) is 0 Å². The Hall–Kier alpha value is -1.25. The van der Waals surface area contributed by atoms with Crippen molar-refractivity contribution < 1.29 is 23.5 Å². The van der Waals surface area contributed by atoms with E-state index in [0.717, 1.165) is 0 Å². The third-order valence-corrected chi connectivity index (χ3v) is 6.64. The van der Waals surface area contributed by atoms with Crippen molar-refractivity contribution in [1.82, 2.24) is 9.55 Å². The maximum absolute atomic E-state index is 12.7. The molecule has 1 fully saturated rings. The molecule has 2 heterocycles. The Morgan fingerprint density at radius 2 is 2.00 bits per heavy atom. The van der Waals surface area contributed by atoms with Crippen LogP contribution in [0.3, 0.4) is 0 Å². The molecule has 1 aliphatic heterocycles. The SMILES string of the molecule is CCOP(=O)(C[C@@H](C)C1OC(n2cc(C)c(=O)[nH]c2=O)C[C@@H]1O)OCC. The number of nitrogens with zero attached hydrogens (tertiary/aromatic N) is 1. The zero-order valence-electron chi connectivity index (χ0n) is 15.5. The van der Waals surface area contributed by atoms with Crippen molar-refractivity contribution in [3.63, 3.8) is 0 Å². The molecule has 0 amide bonds. The predicted molar refractivity (Wildman–Crippen MR) is 95.5 cm³/mol. The number of ether oxygens (including phenoxy) is 1. The summed E-state index contributed by atoms with van der Waals surface area (Å²) in [5.74, 6) is -0.321. The summed E-state index contributed by atoms with van der Waals surface area (Å²) in [7, 11) is -3.28. The first-order valence-electron chi connectivity index (χ1n) is 8.74. The van der Waals surface area contributed by atoms with E-state index in [9.17, 15) is 19.3 Å². The Bertz CT molecular complexity index is 765.